The Morgan fingerprint density at radius 3 is 3.20 bits per heavy atom. The van der Waals surface area contributed by atoms with Crippen LogP contribution in [-0.2, 0) is 4.79 Å². The molecule has 0 saturated carbocycles. The van der Waals surface area contributed by atoms with Crippen LogP contribution in [0.1, 0.15) is 6.42 Å². The van der Waals surface area contributed by atoms with E-state index in [9.17, 15) is 4.79 Å². The molecule has 0 aliphatic rings. The molecule has 2 aromatic heterocycles. The second-order valence-electron chi connectivity index (χ2n) is 2.93. The fourth-order valence-electron chi connectivity index (χ4n) is 1.14. The number of H-pyrrole nitrogens is 1. The van der Waals surface area contributed by atoms with Gasteiger partial charge < -0.3 is 10.1 Å². The van der Waals surface area contributed by atoms with E-state index >= 15 is 0 Å². The summed E-state index contributed by atoms with van der Waals surface area (Å²) in [6.45, 7) is 0. The van der Waals surface area contributed by atoms with Crippen LogP contribution >= 0.6 is 11.8 Å². The molecule has 0 fully saturated rings. The summed E-state index contributed by atoms with van der Waals surface area (Å²) in [6, 6.07) is 1.81. The van der Waals surface area contributed by atoms with E-state index in [1.165, 1.54) is 11.8 Å². The van der Waals surface area contributed by atoms with Crippen LogP contribution in [-0.4, -0.2) is 31.8 Å². The highest BCUT2D eigenvalue weighted by molar-refractivity contribution is 7.99. The van der Waals surface area contributed by atoms with Crippen molar-refractivity contribution in [2.24, 2.45) is 0 Å². The number of rotatable bonds is 4. The lowest BCUT2D eigenvalue weighted by Crippen LogP contribution is -1.95. The van der Waals surface area contributed by atoms with Crippen molar-refractivity contribution in [2.45, 2.75) is 11.6 Å². The summed E-state index contributed by atoms with van der Waals surface area (Å²) in [4.78, 5) is 21.6. The maximum atomic E-state index is 10.3. The first-order chi connectivity index (χ1) is 7.25. The Morgan fingerprint density at radius 2 is 2.47 bits per heavy atom. The van der Waals surface area contributed by atoms with Crippen molar-refractivity contribution < 1.29 is 9.90 Å². The third kappa shape index (κ3) is 2.47. The number of thioether (sulfide) groups is 1. The number of hydrogen-bond donors (Lipinski definition) is 2. The summed E-state index contributed by atoms with van der Waals surface area (Å²) >= 11 is 1.40. The first kappa shape index (κ1) is 9.97. The Kier molecular flexibility index (Phi) is 2.86. The van der Waals surface area contributed by atoms with Gasteiger partial charge in [-0.15, -0.1) is 0 Å². The molecule has 0 aliphatic carbocycles. The largest absolute Gasteiger partial charge is 0.481 e. The van der Waals surface area contributed by atoms with E-state index in [2.05, 4.69) is 15.0 Å². The SMILES string of the molecule is O=C(O)CCSc1nc2ccncc2[nH]1. The van der Waals surface area contributed by atoms with Crippen molar-refractivity contribution in [3.05, 3.63) is 18.5 Å². The fraction of sp³-hybridized carbons (Fsp3) is 0.222. The van der Waals surface area contributed by atoms with Gasteiger partial charge in [0.15, 0.2) is 5.16 Å². The van der Waals surface area contributed by atoms with Crippen LogP contribution in [0, 0.1) is 0 Å². The van der Waals surface area contributed by atoms with E-state index in [0.29, 0.717) is 5.75 Å². The number of imidazole rings is 1. The zero-order valence-corrected chi connectivity index (χ0v) is 8.62. The van der Waals surface area contributed by atoms with Crippen LogP contribution in [0.4, 0.5) is 0 Å². The number of aliphatic carboxylic acids is 1. The predicted octanol–water partition coefficient (Wildman–Crippen LogP) is 1.52. The van der Waals surface area contributed by atoms with E-state index in [0.717, 1.165) is 16.2 Å². The molecule has 0 unspecified atom stereocenters. The summed E-state index contributed by atoms with van der Waals surface area (Å²) in [5.41, 5.74) is 1.72. The number of aromatic nitrogens is 3. The third-order valence-corrected chi connectivity index (χ3v) is 2.69. The number of pyridine rings is 1. The molecule has 2 N–H and O–H groups in total. The minimum absolute atomic E-state index is 0.139. The second kappa shape index (κ2) is 4.31. The fourth-order valence-corrected chi connectivity index (χ4v) is 1.95. The molecule has 15 heavy (non-hydrogen) atoms. The molecule has 0 aromatic carbocycles. The average Bonchev–Trinajstić information content (AvgIpc) is 2.59. The molecule has 0 bridgehead atoms. The summed E-state index contributed by atoms with van der Waals surface area (Å²) in [5.74, 6) is -0.275. The van der Waals surface area contributed by atoms with Crippen LogP contribution in [0.2, 0.25) is 0 Å². The molecule has 5 nitrogen and oxygen atoms in total. The zero-order valence-electron chi connectivity index (χ0n) is 7.80. The molecular formula is C9H9N3O2S. The molecule has 78 valence electrons. The van der Waals surface area contributed by atoms with E-state index in [4.69, 9.17) is 5.11 Å². The van der Waals surface area contributed by atoms with Crippen molar-refractivity contribution in [3.63, 3.8) is 0 Å². The quantitative estimate of drug-likeness (QED) is 0.768. The number of carboxylic acids is 1. The van der Waals surface area contributed by atoms with E-state index in [1.807, 2.05) is 6.07 Å². The highest BCUT2D eigenvalue weighted by Crippen LogP contribution is 2.18. The molecule has 0 spiro atoms. The molecule has 2 rings (SSSR count). The van der Waals surface area contributed by atoms with Crippen molar-refractivity contribution in [1.82, 2.24) is 15.0 Å². The van der Waals surface area contributed by atoms with Crippen LogP contribution in [0.5, 0.6) is 0 Å². The molecular weight excluding hydrogens is 214 g/mol. The van der Waals surface area contributed by atoms with E-state index in [-0.39, 0.29) is 6.42 Å². The predicted molar refractivity (Wildman–Crippen MR) is 56.9 cm³/mol. The molecule has 2 heterocycles. The summed E-state index contributed by atoms with van der Waals surface area (Å²) in [6.07, 6.45) is 3.51. The molecule has 0 aliphatic heterocycles. The molecule has 6 heteroatoms. The minimum Gasteiger partial charge on any atom is -0.481 e. The van der Waals surface area contributed by atoms with Gasteiger partial charge >= 0.3 is 5.97 Å². The number of hydrogen-bond acceptors (Lipinski definition) is 4. The molecule has 2 aromatic rings. The zero-order chi connectivity index (χ0) is 10.7. The maximum Gasteiger partial charge on any atom is 0.304 e. The summed E-state index contributed by atoms with van der Waals surface area (Å²) < 4.78 is 0. The first-order valence-electron chi connectivity index (χ1n) is 4.40. The lowest BCUT2D eigenvalue weighted by Gasteiger charge is -1.92. The number of aromatic amines is 1. The number of nitrogens with one attached hydrogen (secondary N) is 1. The summed E-state index contributed by atoms with van der Waals surface area (Å²) in [5, 5.41) is 9.21. The topological polar surface area (TPSA) is 78.9 Å². The molecule has 0 atom stereocenters. The van der Waals surface area contributed by atoms with Gasteiger partial charge in [-0.05, 0) is 6.07 Å². The first-order valence-corrected chi connectivity index (χ1v) is 5.38. The van der Waals surface area contributed by atoms with Crippen LogP contribution in [0.15, 0.2) is 23.6 Å². The standard InChI is InChI=1S/C9H9N3O2S/c13-8(14)2-4-15-9-11-6-1-3-10-5-7(6)12-9/h1,3,5H,2,4H2,(H,11,12)(H,13,14). The van der Waals surface area contributed by atoms with Crippen LogP contribution in [0.25, 0.3) is 11.0 Å². The van der Waals surface area contributed by atoms with Gasteiger partial charge in [-0.3, -0.25) is 9.78 Å². The van der Waals surface area contributed by atoms with Gasteiger partial charge in [0.05, 0.1) is 23.7 Å². The Labute approximate surface area is 89.9 Å². The summed E-state index contributed by atoms with van der Waals surface area (Å²) in [7, 11) is 0. The van der Waals surface area contributed by atoms with Crippen LogP contribution < -0.4 is 0 Å². The average molecular weight is 223 g/mol. The highest BCUT2D eigenvalue weighted by Gasteiger charge is 2.03. The monoisotopic (exact) mass is 223 g/mol. The number of nitrogens with zero attached hydrogens (tertiary/aromatic N) is 2. The van der Waals surface area contributed by atoms with Gasteiger partial charge in [0.1, 0.15) is 0 Å². The van der Waals surface area contributed by atoms with Crippen LogP contribution in [0.3, 0.4) is 0 Å². The van der Waals surface area contributed by atoms with Crippen molar-refractivity contribution in [2.75, 3.05) is 5.75 Å². The Hall–Kier alpha value is -1.56. The second-order valence-corrected chi connectivity index (χ2v) is 4.01. The van der Waals surface area contributed by atoms with Gasteiger partial charge in [-0.1, -0.05) is 11.8 Å². The van der Waals surface area contributed by atoms with Crippen molar-refractivity contribution in [1.29, 1.82) is 0 Å². The number of carbonyl (C=O) groups is 1. The molecule has 0 saturated heterocycles. The van der Waals surface area contributed by atoms with Gasteiger partial charge in [0.25, 0.3) is 0 Å². The minimum atomic E-state index is -0.791. The van der Waals surface area contributed by atoms with E-state index < -0.39 is 5.97 Å². The smallest absolute Gasteiger partial charge is 0.304 e. The lowest BCUT2D eigenvalue weighted by molar-refractivity contribution is -0.136. The van der Waals surface area contributed by atoms with Gasteiger partial charge in [-0.25, -0.2) is 4.98 Å². The third-order valence-electron chi connectivity index (χ3n) is 1.82. The molecule has 0 radical (unpaired) electrons. The van der Waals surface area contributed by atoms with E-state index in [1.54, 1.807) is 12.4 Å². The Balaban J connectivity index is 2.05. The maximum absolute atomic E-state index is 10.3. The Morgan fingerprint density at radius 1 is 1.60 bits per heavy atom. The van der Waals surface area contributed by atoms with Gasteiger partial charge in [0, 0.05) is 11.9 Å². The van der Waals surface area contributed by atoms with Gasteiger partial charge in [-0.2, -0.15) is 0 Å². The number of fused-ring (bicyclic) bond motifs is 1. The van der Waals surface area contributed by atoms with Gasteiger partial charge in [0.2, 0.25) is 0 Å². The highest BCUT2D eigenvalue weighted by atomic mass is 32.2. The lowest BCUT2D eigenvalue weighted by atomic mass is 10.4. The van der Waals surface area contributed by atoms with Crippen molar-refractivity contribution in [3.8, 4) is 0 Å². The normalized spacial score (nSPS) is 10.7. The van der Waals surface area contributed by atoms with Crippen molar-refractivity contribution >= 4 is 28.8 Å². The Bertz CT molecular complexity index is 450. The molecule has 0 amide bonds. The number of carboxylic acid groups (broad SMARTS) is 1.